The summed E-state index contributed by atoms with van der Waals surface area (Å²) in [6.07, 6.45) is 71.5. The average Bonchev–Trinajstić information content (AvgIpc) is 0.819. The summed E-state index contributed by atoms with van der Waals surface area (Å²) in [7, 11) is -0.199. The third-order valence-corrected chi connectivity index (χ3v) is 40.2. The molecule has 4 heteroatoms. The Morgan fingerprint density at radius 2 is 0.187 bits per heavy atom. The second-order valence-electron chi connectivity index (χ2n) is 40.8. The molecule has 0 aliphatic heterocycles. The van der Waals surface area contributed by atoms with Gasteiger partial charge < -0.3 is 0 Å². The maximum atomic E-state index is 2.49. The molecule has 0 amide bonds. The maximum absolute atomic E-state index is 2.49. The topological polar surface area (TPSA) is 0 Å². The second kappa shape index (κ2) is 55.6. The summed E-state index contributed by atoms with van der Waals surface area (Å²) in [5.41, 5.74) is 11.0. The van der Waals surface area contributed by atoms with Crippen LogP contribution in [0.4, 0.5) is 0 Å². The Kier molecular flexibility index (Phi) is 41.1. The van der Waals surface area contributed by atoms with E-state index in [0.29, 0.717) is 0 Å². The minimum absolute atomic E-state index is 0.0340. The molecule has 12 aromatic carbocycles. The zero-order chi connectivity index (χ0) is 90.9. The molecule has 0 bridgehead atoms. The average molecular weight is 1850 g/mol. The van der Waals surface area contributed by atoms with Crippen LogP contribution in [0.1, 0.15) is 408 Å². The molecule has 19 rings (SSSR count). The lowest BCUT2D eigenvalue weighted by molar-refractivity contribution is 0.455. The first-order valence-corrected chi connectivity index (χ1v) is 59.4. The van der Waals surface area contributed by atoms with Crippen molar-refractivity contribution in [2.75, 3.05) is 0 Å². The number of rotatable bonds is 19. The first-order chi connectivity index (χ1) is 66.6. The van der Waals surface area contributed by atoms with Gasteiger partial charge in [0.25, 0.3) is 0 Å². The second-order valence-corrected chi connectivity index (χ2v) is 48.9. The molecular weight excluding hydrogens is 1690 g/mol. The lowest BCUT2D eigenvalue weighted by atomic mass is 9.86. The molecule has 7 saturated carbocycles. The van der Waals surface area contributed by atoms with Crippen LogP contribution < -0.4 is 0 Å². The lowest BCUT2D eigenvalue weighted by Crippen LogP contribution is -2.08. The number of hydrogen-bond acceptors (Lipinski definition) is 0. The normalized spacial score (nSPS) is 18.5. The maximum Gasteiger partial charge on any atom is 0.166 e. The van der Waals surface area contributed by atoms with Crippen LogP contribution in [-0.4, -0.2) is 0 Å². The Labute approximate surface area is 825 Å². The van der Waals surface area contributed by atoms with Gasteiger partial charge >= 0.3 is 0 Å². The molecule has 12 aromatic rings. The number of hydrogen-bond donors (Lipinski definition) is 0. The molecule has 0 aromatic heterocycles. The SMILES string of the molecule is c1cc([S+](c2ccc(C3CCCCCCC3)cc2)c2ccc(C3CCCCCCC3)cc2)ccc1C1CCCCCCC1.c1ccc([S+](c2ccc(C3CCCCCCC3)cc2)c2ccc(C3CCCCCCC3)cc2)cc1.c1ccc([S+](c2ccccc2)c2ccc(C3CCCCCCC3)cc2)cc1.c1ccc([S+](c2ccccc2)c2ccc(C3CCCCCCCCC3)cc2)cc1. The summed E-state index contributed by atoms with van der Waals surface area (Å²) in [6, 6.07) is 124. The highest BCUT2D eigenvalue weighted by molar-refractivity contribution is 7.98. The summed E-state index contributed by atoms with van der Waals surface area (Å²) in [5.74, 6) is 5.27. The van der Waals surface area contributed by atoms with Crippen LogP contribution in [0.25, 0.3) is 0 Å². The molecule has 0 spiro atoms. The van der Waals surface area contributed by atoms with Crippen LogP contribution in [0.15, 0.2) is 380 Å². The lowest BCUT2D eigenvalue weighted by Gasteiger charge is -2.21. The van der Waals surface area contributed by atoms with E-state index in [9.17, 15) is 0 Å². The van der Waals surface area contributed by atoms with Gasteiger partial charge in [-0.15, -0.1) is 0 Å². The first kappa shape index (κ1) is 99.1. The summed E-state index contributed by atoms with van der Waals surface area (Å²) in [6.45, 7) is 0. The molecule has 0 unspecified atom stereocenters. The fourth-order valence-electron chi connectivity index (χ4n) is 23.4. The van der Waals surface area contributed by atoms with Gasteiger partial charge in [-0.1, -0.05) is 413 Å². The minimum atomic E-state index is -0.0729. The van der Waals surface area contributed by atoms with E-state index in [4.69, 9.17) is 0 Å². The molecule has 0 nitrogen and oxygen atoms in total. The van der Waals surface area contributed by atoms with Gasteiger partial charge in [0.2, 0.25) is 0 Å². The summed E-state index contributed by atoms with van der Waals surface area (Å²) in [4.78, 5) is 17.2. The van der Waals surface area contributed by atoms with Crippen LogP contribution >= 0.6 is 0 Å². The summed E-state index contributed by atoms with van der Waals surface area (Å²) >= 11 is 0. The first-order valence-electron chi connectivity index (χ1n) is 54.5. The van der Waals surface area contributed by atoms with Gasteiger partial charge in [0.15, 0.2) is 58.7 Å². The summed E-state index contributed by atoms with van der Waals surface area (Å²) < 4.78 is 0. The monoisotopic (exact) mass is 1850 g/mol. The summed E-state index contributed by atoms with van der Waals surface area (Å²) in [5, 5.41) is 0. The molecule has 7 aliphatic rings. The van der Waals surface area contributed by atoms with E-state index in [1.54, 1.807) is 38.9 Å². The molecule has 7 fully saturated rings. The van der Waals surface area contributed by atoms with E-state index < -0.39 is 0 Å². The van der Waals surface area contributed by atoms with Gasteiger partial charge in [-0.05, 0) is 316 Å². The van der Waals surface area contributed by atoms with Gasteiger partial charge in [0.1, 0.15) is 0 Å². The molecule has 134 heavy (non-hydrogen) atoms. The Hall–Kier alpha value is -7.96. The van der Waals surface area contributed by atoms with E-state index in [1.807, 2.05) is 0 Å². The third-order valence-electron chi connectivity index (χ3n) is 31.2. The van der Waals surface area contributed by atoms with E-state index in [1.165, 1.54) is 386 Å². The molecule has 0 heterocycles. The van der Waals surface area contributed by atoms with Crippen molar-refractivity contribution < 1.29 is 0 Å². The van der Waals surface area contributed by atoms with E-state index >= 15 is 0 Å². The molecule has 0 atom stereocenters. The van der Waals surface area contributed by atoms with Crippen molar-refractivity contribution in [1.29, 1.82) is 0 Å². The Morgan fingerprint density at radius 1 is 0.0970 bits per heavy atom. The van der Waals surface area contributed by atoms with Crippen molar-refractivity contribution in [2.24, 2.45) is 0 Å². The predicted molar refractivity (Wildman–Crippen MR) is 581 cm³/mol. The zero-order valence-electron chi connectivity index (χ0n) is 81.8. The fraction of sp³-hybridized carbons (Fsp3) is 0.446. The Morgan fingerprint density at radius 3 is 0.291 bits per heavy atom. The van der Waals surface area contributed by atoms with Crippen molar-refractivity contribution in [1.82, 2.24) is 0 Å². The zero-order valence-corrected chi connectivity index (χ0v) is 85.1. The molecule has 0 N–H and O–H groups in total. The highest BCUT2D eigenvalue weighted by Gasteiger charge is 2.35. The molecular formula is C130H162S4+4. The van der Waals surface area contributed by atoms with Crippen LogP contribution in [0.2, 0.25) is 0 Å². The molecule has 7 aliphatic carbocycles. The third kappa shape index (κ3) is 30.0. The van der Waals surface area contributed by atoms with Crippen molar-refractivity contribution >= 4 is 43.6 Å². The minimum Gasteiger partial charge on any atom is -0.0619 e. The predicted octanol–water partition coefficient (Wildman–Crippen LogP) is 39.7. The van der Waals surface area contributed by atoms with Gasteiger partial charge in [-0.2, -0.15) is 0 Å². The smallest absolute Gasteiger partial charge is 0.0619 e. The van der Waals surface area contributed by atoms with Crippen LogP contribution in [-0.2, 0) is 43.6 Å². The van der Waals surface area contributed by atoms with Crippen molar-refractivity contribution in [3.8, 4) is 0 Å². The Bertz CT molecular complexity index is 4810. The molecule has 0 saturated heterocycles. The van der Waals surface area contributed by atoms with E-state index in [0.717, 1.165) is 41.4 Å². The van der Waals surface area contributed by atoms with Crippen molar-refractivity contribution in [2.45, 2.75) is 428 Å². The highest BCUT2D eigenvalue weighted by Crippen LogP contribution is 2.45. The number of benzene rings is 12. The quantitative estimate of drug-likeness (QED) is 0.0708. The van der Waals surface area contributed by atoms with Crippen molar-refractivity contribution in [3.05, 3.63) is 360 Å². The standard InChI is InChI=1S/C42H57S.C34H43S.C28H33S.C26H29S/c1-4-10-16-34(17-11-5-1)37-22-28-40(29-23-37)43(41-30-24-38(25-31-41)35-18-12-6-2-7-13-19-35)42-32-26-39(27-33-42)36-20-14-8-3-9-15-21-36;1-3-8-14-28(15-9-4-1)30-20-24-33(25-21-30)35(32-18-12-7-13-19-32)34-26-22-31(23-27-34)29-16-10-5-2-6-11-17-29;1-2-4-8-14-24(15-9-5-3-1)25-20-22-28(23-21-25)29(26-16-10-6-11-17-26)27-18-12-7-13-19-27;1-2-6-12-22(13-7-3-1)23-18-20-26(21-19-23)27(24-14-8-4-9-15-24)25-16-10-5-11-17-25/h22-36H,1-21H2;7,12-13,18-29H,1-6,8-11,14-17H2;6-7,10-13,16-24H,1-5,8-9,14-15H2;4-5,8-11,14-22H,1-3,6-7,12-13H2/q4*+1. The van der Waals surface area contributed by atoms with Gasteiger partial charge in [-0.3, -0.25) is 0 Å². The Balaban J connectivity index is 0.000000132. The van der Waals surface area contributed by atoms with Gasteiger partial charge in [0, 0.05) is 0 Å². The van der Waals surface area contributed by atoms with Crippen LogP contribution in [0.5, 0.6) is 0 Å². The molecule has 0 radical (unpaired) electrons. The van der Waals surface area contributed by atoms with Gasteiger partial charge in [-0.25, -0.2) is 0 Å². The van der Waals surface area contributed by atoms with Gasteiger partial charge in [0.05, 0.1) is 43.6 Å². The van der Waals surface area contributed by atoms with E-state index in [2.05, 4.69) is 322 Å². The molecule has 702 valence electrons. The fourth-order valence-corrected chi connectivity index (χ4v) is 31.7. The van der Waals surface area contributed by atoms with Crippen molar-refractivity contribution in [3.63, 3.8) is 0 Å². The van der Waals surface area contributed by atoms with Crippen LogP contribution in [0.3, 0.4) is 0 Å². The highest BCUT2D eigenvalue weighted by atomic mass is 32.2. The van der Waals surface area contributed by atoms with E-state index in [-0.39, 0.29) is 43.6 Å². The van der Waals surface area contributed by atoms with Crippen LogP contribution in [0, 0.1) is 0 Å². The largest absolute Gasteiger partial charge is 0.166 e.